The van der Waals surface area contributed by atoms with Gasteiger partial charge in [-0.1, -0.05) is 29.8 Å². The molecular weight excluding hydrogens is 324 g/mol. The third-order valence-electron chi connectivity index (χ3n) is 5.34. The lowest BCUT2D eigenvalue weighted by atomic mass is 9.90. The number of aryl methyl sites for hydroxylation is 1. The summed E-state index contributed by atoms with van der Waals surface area (Å²) in [6, 6.07) is 12.6. The normalized spacial score (nSPS) is 20.5. The Morgan fingerprint density at radius 2 is 1.88 bits per heavy atom. The Morgan fingerprint density at radius 3 is 2.62 bits per heavy atom. The fourth-order valence-corrected chi connectivity index (χ4v) is 3.91. The lowest BCUT2D eigenvalue weighted by Gasteiger charge is -2.16. The number of aromatic amines is 1. The summed E-state index contributed by atoms with van der Waals surface area (Å²) in [5, 5.41) is 17.3. The van der Waals surface area contributed by atoms with Crippen molar-refractivity contribution < 1.29 is 5.11 Å². The standard InChI is InChI=1S/C21H24N4O/c1-15-2-4-17(5-3-15)21-18(10-23-24-21)11-25-12-19(14-26)20(13-25)16-6-8-22-9-7-16/h2-10,19-20,26H,11-14H2,1H3,(H,23,24)/t19-,20-/m0/s1. The van der Waals surface area contributed by atoms with Gasteiger partial charge in [-0.3, -0.25) is 15.0 Å². The summed E-state index contributed by atoms with van der Waals surface area (Å²) in [4.78, 5) is 6.52. The Hall–Kier alpha value is -2.50. The molecule has 0 unspecified atom stereocenters. The lowest BCUT2D eigenvalue weighted by Crippen LogP contribution is -2.21. The number of likely N-dealkylation sites (tertiary alicyclic amines) is 1. The van der Waals surface area contributed by atoms with Crippen LogP contribution in [0.25, 0.3) is 11.3 Å². The minimum Gasteiger partial charge on any atom is -0.396 e. The minimum absolute atomic E-state index is 0.208. The Kier molecular flexibility index (Phi) is 4.82. The van der Waals surface area contributed by atoms with Gasteiger partial charge >= 0.3 is 0 Å². The molecule has 2 aromatic heterocycles. The summed E-state index contributed by atoms with van der Waals surface area (Å²) in [7, 11) is 0. The van der Waals surface area contributed by atoms with Gasteiger partial charge in [0.15, 0.2) is 0 Å². The summed E-state index contributed by atoms with van der Waals surface area (Å²) in [6.07, 6.45) is 5.58. The topological polar surface area (TPSA) is 65.0 Å². The van der Waals surface area contributed by atoms with Crippen molar-refractivity contribution in [3.8, 4) is 11.3 Å². The average molecular weight is 348 g/mol. The van der Waals surface area contributed by atoms with E-state index in [-0.39, 0.29) is 12.5 Å². The summed E-state index contributed by atoms with van der Waals surface area (Å²) in [5.41, 5.74) is 5.94. The Morgan fingerprint density at radius 1 is 1.12 bits per heavy atom. The first-order chi connectivity index (χ1) is 12.7. The number of aromatic nitrogens is 3. The molecule has 1 saturated heterocycles. The van der Waals surface area contributed by atoms with Crippen LogP contribution in [0.5, 0.6) is 0 Å². The van der Waals surface area contributed by atoms with Gasteiger partial charge in [0, 0.05) is 56.0 Å². The highest BCUT2D eigenvalue weighted by Gasteiger charge is 2.33. The number of hydrogen-bond acceptors (Lipinski definition) is 4. The molecule has 5 nitrogen and oxygen atoms in total. The molecule has 0 radical (unpaired) electrons. The van der Waals surface area contributed by atoms with Gasteiger partial charge in [0.25, 0.3) is 0 Å². The fraction of sp³-hybridized carbons (Fsp3) is 0.333. The van der Waals surface area contributed by atoms with Gasteiger partial charge in [0.2, 0.25) is 0 Å². The fourth-order valence-electron chi connectivity index (χ4n) is 3.91. The highest BCUT2D eigenvalue weighted by molar-refractivity contribution is 5.62. The average Bonchev–Trinajstić information content (AvgIpc) is 3.30. The predicted molar refractivity (Wildman–Crippen MR) is 102 cm³/mol. The molecule has 1 fully saturated rings. The van der Waals surface area contributed by atoms with Crippen LogP contribution >= 0.6 is 0 Å². The van der Waals surface area contributed by atoms with E-state index in [9.17, 15) is 5.11 Å². The molecule has 4 rings (SSSR count). The highest BCUT2D eigenvalue weighted by Crippen LogP contribution is 2.34. The van der Waals surface area contributed by atoms with Crippen molar-refractivity contribution in [3.05, 3.63) is 71.7 Å². The third-order valence-corrected chi connectivity index (χ3v) is 5.34. The van der Waals surface area contributed by atoms with Gasteiger partial charge in [-0.15, -0.1) is 0 Å². The van der Waals surface area contributed by atoms with Crippen molar-refractivity contribution in [1.29, 1.82) is 0 Å². The number of benzene rings is 1. The zero-order valence-corrected chi connectivity index (χ0v) is 15.0. The van der Waals surface area contributed by atoms with Crippen LogP contribution in [0.1, 0.15) is 22.6 Å². The smallest absolute Gasteiger partial charge is 0.0695 e. The second kappa shape index (κ2) is 7.40. The van der Waals surface area contributed by atoms with E-state index < -0.39 is 0 Å². The molecule has 2 N–H and O–H groups in total. The number of hydrogen-bond donors (Lipinski definition) is 2. The van der Waals surface area contributed by atoms with Gasteiger partial charge in [-0.2, -0.15) is 5.10 Å². The summed E-state index contributed by atoms with van der Waals surface area (Å²) < 4.78 is 0. The molecule has 0 saturated carbocycles. The molecule has 1 aromatic carbocycles. The molecule has 5 heteroatoms. The van der Waals surface area contributed by atoms with Crippen molar-refractivity contribution in [1.82, 2.24) is 20.1 Å². The van der Waals surface area contributed by atoms with Crippen LogP contribution in [-0.4, -0.2) is 44.9 Å². The van der Waals surface area contributed by atoms with Crippen molar-refractivity contribution in [3.63, 3.8) is 0 Å². The van der Waals surface area contributed by atoms with E-state index in [2.05, 4.69) is 63.4 Å². The Bertz CT molecular complexity index is 844. The number of nitrogens with zero attached hydrogens (tertiary/aromatic N) is 3. The molecule has 26 heavy (non-hydrogen) atoms. The first kappa shape index (κ1) is 16.9. The number of H-pyrrole nitrogens is 1. The van der Waals surface area contributed by atoms with E-state index in [0.29, 0.717) is 5.92 Å². The van der Waals surface area contributed by atoms with Gasteiger partial charge in [-0.25, -0.2) is 0 Å². The van der Waals surface area contributed by atoms with Gasteiger partial charge < -0.3 is 5.11 Å². The van der Waals surface area contributed by atoms with E-state index in [1.54, 1.807) is 0 Å². The number of nitrogens with one attached hydrogen (secondary N) is 1. The Balaban J connectivity index is 1.52. The summed E-state index contributed by atoms with van der Waals surface area (Å²) in [6.45, 7) is 4.96. The van der Waals surface area contributed by atoms with Crippen molar-refractivity contribution >= 4 is 0 Å². The van der Waals surface area contributed by atoms with Gasteiger partial charge in [-0.05, 0) is 30.2 Å². The van der Waals surface area contributed by atoms with Crippen molar-refractivity contribution in [2.75, 3.05) is 19.7 Å². The zero-order chi connectivity index (χ0) is 17.9. The molecule has 2 atom stereocenters. The van der Waals surface area contributed by atoms with Gasteiger partial charge in [0.05, 0.1) is 11.9 Å². The summed E-state index contributed by atoms with van der Waals surface area (Å²) >= 11 is 0. The third kappa shape index (κ3) is 3.41. The molecule has 0 aliphatic carbocycles. The summed E-state index contributed by atoms with van der Waals surface area (Å²) in [5.74, 6) is 0.602. The molecule has 1 aliphatic heterocycles. The van der Waals surface area contributed by atoms with Crippen molar-refractivity contribution in [2.24, 2.45) is 5.92 Å². The largest absolute Gasteiger partial charge is 0.396 e. The molecule has 0 spiro atoms. The molecule has 0 amide bonds. The Labute approximate surface area is 153 Å². The quantitative estimate of drug-likeness (QED) is 0.744. The van der Waals surface area contributed by atoms with Crippen LogP contribution in [0, 0.1) is 12.8 Å². The number of rotatable bonds is 5. The van der Waals surface area contributed by atoms with E-state index in [4.69, 9.17) is 0 Å². The van der Waals surface area contributed by atoms with E-state index >= 15 is 0 Å². The van der Waals surface area contributed by atoms with Crippen LogP contribution in [0.3, 0.4) is 0 Å². The maximum atomic E-state index is 9.84. The van der Waals surface area contributed by atoms with Crippen LogP contribution in [0.4, 0.5) is 0 Å². The zero-order valence-electron chi connectivity index (χ0n) is 15.0. The van der Waals surface area contributed by atoms with E-state index in [1.807, 2.05) is 18.6 Å². The highest BCUT2D eigenvalue weighted by atomic mass is 16.3. The number of aliphatic hydroxyl groups is 1. The SMILES string of the molecule is Cc1ccc(-c2[nH]ncc2CN2C[C@@H](CO)[C@H](c3ccncc3)C2)cc1. The second-order valence-corrected chi connectivity index (χ2v) is 7.16. The van der Waals surface area contributed by atoms with Crippen LogP contribution in [0.2, 0.25) is 0 Å². The maximum absolute atomic E-state index is 9.84. The van der Waals surface area contributed by atoms with Crippen LogP contribution in [-0.2, 0) is 6.54 Å². The second-order valence-electron chi connectivity index (χ2n) is 7.16. The van der Waals surface area contributed by atoms with E-state index in [0.717, 1.165) is 30.9 Å². The number of aliphatic hydroxyl groups excluding tert-OH is 1. The van der Waals surface area contributed by atoms with Gasteiger partial charge in [0.1, 0.15) is 0 Å². The van der Waals surface area contributed by atoms with Crippen LogP contribution in [0.15, 0.2) is 55.0 Å². The van der Waals surface area contributed by atoms with E-state index in [1.165, 1.54) is 16.7 Å². The predicted octanol–water partition coefficient (Wildman–Crippen LogP) is 2.99. The minimum atomic E-state index is 0.208. The first-order valence-corrected chi connectivity index (χ1v) is 9.07. The lowest BCUT2D eigenvalue weighted by molar-refractivity contribution is 0.214. The van der Waals surface area contributed by atoms with Crippen LogP contribution < -0.4 is 0 Å². The number of pyridine rings is 1. The molecule has 0 bridgehead atoms. The molecule has 3 aromatic rings. The molecule has 1 aliphatic rings. The van der Waals surface area contributed by atoms with Crippen molar-refractivity contribution in [2.45, 2.75) is 19.4 Å². The molecular formula is C21H24N4O. The molecule has 134 valence electrons. The monoisotopic (exact) mass is 348 g/mol. The first-order valence-electron chi connectivity index (χ1n) is 9.07. The maximum Gasteiger partial charge on any atom is 0.0695 e. The molecule has 3 heterocycles.